The number of hydrogen-bond acceptors (Lipinski definition) is 3. The van der Waals surface area contributed by atoms with Gasteiger partial charge in [-0.1, -0.05) is 6.92 Å². The summed E-state index contributed by atoms with van der Waals surface area (Å²) in [5, 5.41) is 11.3. The van der Waals surface area contributed by atoms with E-state index in [1.165, 1.54) is 7.11 Å². The van der Waals surface area contributed by atoms with E-state index in [0.717, 1.165) is 0 Å². The van der Waals surface area contributed by atoms with E-state index in [2.05, 4.69) is 10.1 Å². The third-order valence-electron chi connectivity index (χ3n) is 2.06. The number of nitrogens with one attached hydrogen (secondary N) is 1. The molecule has 0 bridgehead atoms. The number of carbonyl (C=O) groups excluding carboxylic acids is 1. The Morgan fingerprint density at radius 3 is 2.43 bits per heavy atom. The highest BCUT2D eigenvalue weighted by Gasteiger charge is 2.37. The van der Waals surface area contributed by atoms with Crippen LogP contribution in [0.25, 0.3) is 0 Å². The maximum Gasteiger partial charge on any atom is 0.407 e. The van der Waals surface area contributed by atoms with E-state index in [1.807, 2.05) is 0 Å². The number of carboxylic acid groups (broad SMARTS) is 1. The Balaban J connectivity index is 4.66. The lowest BCUT2D eigenvalue weighted by Crippen LogP contribution is -2.54. The summed E-state index contributed by atoms with van der Waals surface area (Å²) in [6.45, 7) is 1.66. The second-order valence-corrected chi connectivity index (χ2v) is 3.17. The lowest BCUT2D eigenvalue weighted by atomic mass is 9.93. The van der Waals surface area contributed by atoms with Crippen LogP contribution in [0.15, 0.2) is 0 Å². The number of hydrogen-bond donors (Lipinski definition) is 2. The molecule has 0 aliphatic carbocycles. The van der Waals surface area contributed by atoms with E-state index in [4.69, 9.17) is 16.7 Å². The first-order valence-electron chi connectivity index (χ1n) is 4.18. The summed E-state index contributed by atoms with van der Waals surface area (Å²) in [7, 11) is 1.18. The molecule has 0 aliphatic heterocycles. The fraction of sp³-hybridized carbons (Fsp3) is 0.750. The van der Waals surface area contributed by atoms with Crippen molar-refractivity contribution in [1.29, 1.82) is 0 Å². The van der Waals surface area contributed by atoms with Crippen LogP contribution in [0.4, 0.5) is 4.79 Å². The summed E-state index contributed by atoms with van der Waals surface area (Å²) in [5.41, 5.74) is -1.32. The van der Waals surface area contributed by atoms with Gasteiger partial charge in [-0.05, 0) is 12.8 Å². The van der Waals surface area contributed by atoms with E-state index in [9.17, 15) is 9.59 Å². The molecule has 5 nitrogen and oxygen atoms in total. The molecule has 0 fully saturated rings. The first-order chi connectivity index (χ1) is 6.52. The van der Waals surface area contributed by atoms with E-state index >= 15 is 0 Å². The quantitative estimate of drug-likeness (QED) is 0.687. The molecule has 1 atom stereocenters. The van der Waals surface area contributed by atoms with Crippen molar-refractivity contribution in [3.8, 4) is 0 Å². The normalized spacial score (nSPS) is 14.2. The number of ether oxygens (including phenoxy) is 1. The number of halogens is 1. The molecule has 0 saturated carbocycles. The zero-order valence-electron chi connectivity index (χ0n) is 8.17. The standard InChI is InChI=1S/C8H14ClNO4/c1-3-8(4-5-9,6(11)12)10-7(13)14-2/h3-5H2,1-2H3,(H,10,13)(H,11,12). The van der Waals surface area contributed by atoms with Gasteiger partial charge in [0, 0.05) is 5.88 Å². The summed E-state index contributed by atoms with van der Waals surface area (Å²) in [5.74, 6) is -0.949. The zero-order valence-corrected chi connectivity index (χ0v) is 8.93. The van der Waals surface area contributed by atoms with Gasteiger partial charge in [-0.15, -0.1) is 11.6 Å². The predicted octanol–water partition coefficient (Wildman–Crippen LogP) is 1.20. The number of amides is 1. The van der Waals surface area contributed by atoms with E-state index in [0.29, 0.717) is 0 Å². The monoisotopic (exact) mass is 223 g/mol. The minimum Gasteiger partial charge on any atom is -0.480 e. The summed E-state index contributed by atoms with van der Waals surface area (Å²) >= 11 is 5.48. The van der Waals surface area contributed by atoms with E-state index < -0.39 is 17.6 Å². The van der Waals surface area contributed by atoms with Gasteiger partial charge >= 0.3 is 12.1 Å². The summed E-state index contributed by atoms with van der Waals surface area (Å²) in [6, 6.07) is 0. The molecule has 14 heavy (non-hydrogen) atoms. The molecule has 0 heterocycles. The minimum atomic E-state index is -1.32. The van der Waals surface area contributed by atoms with E-state index in [-0.39, 0.29) is 18.7 Å². The van der Waals surface area contributed by atoms with E-state index in [1.54, 1.807) is 6.92 Å². The van der Waals surface area contributed by atoms with Crippen molar-refractivity contribution in [2.45, 2.75) is 25.3 Å². The van der Waals surface area contributed by atoms with Gasteiger partial charge in [-0.2, -0.15) is 0 Å². The highest BCUT2D eigenvalue weighted by atomic mass is 35.5. The van der Waals surface area contributed by atoms with Crippen molar-refractivity contribution in [2.24, 2.45) is 0 Å². The van der Waals surface area contributed by atoms with Crippen LogP contribution in [0.5, 0.6) is 0 Å². The van der Waals surface area contributed by atoms with Crippen molar-refractivity contribution in [3.63, 3.8) is 0 Å². The topological polar surface area (TPSA) is 75.6 Å². The predicted molar refractivity (Wildman–Crippen MR) is 51.5 cm³/mol. The van der Waals surface area contributed by atoms with Crippen molar-refractivity contribution in [3.05, 3.63) is 0 Å². The van der Waals surface area contributed by atoms with Gasteiger partial charge in [0.05, 0.1) is 7.11 Å². The molecule has 1 amide bonds. The third kappa shape index (κ3) is 3.06. The zero-order chi connectivity index (χ0) is 11.2. The molecule has 0 aromatic heterocycles. The Kier molecular flexibility index (Phi) is 5.30. The molecule has 1 unspecified atom stereocenters. The second kappa shape index (κ2) is 5.70. The van der Waals surface area contributed by atoms with Crippen LogP contribution in [-0.2, 0) is 9.53 Å². The summed E-state index contributed by atoms with van der Waals surface area (Å²) in [4.78, 5) is 21.9. The van der Waals surface area contributed by atoms with Crippen molar-refractivity contribution >= 4 is 23.7 Å². The molecule has 0 spiro atoms. The van der Waals surface area contributed by atoms with Crippen molar-refractivity contribution in [2.75, 3.05) is 13.0 Å². The molecular formula is C8H14ClNO4. The largest absolute Gasteiger partial charge is 0.480 e. The molecule has 0 aliphatic rings. The molecule has 0 saturated heterocycles. The first kappa shape index (κ1) is 13.0. The first-order valence-corrected chi connectivity index (χ1v) is 4.71. The van der Waals surface area contributed by atoms with Crippen LogP contribution in [0.1, 0.15) is 19.8 Å². The molecule has 2 N–H and O–H groups in total. The maximum absolute atomic E-state index is 11.0. The summed E-state index contributed by atoms with van der Waals surface area (Å²) < 4.78 is 4.35. The fourth-order valence-corrected chi connectivity index (χ4v) is 1.37. The Labute approximate surface area is 87.4 Å². The highest BCUT2D eigenvalue weighted by Crippen LogP contribution is 2.16. The molecule has 0 rings (SSSR count). The van der Waals surface area contributed by atoms with Gasteiger partial charge in [0.15, 0.2) is 0 Å². The number of carbonyl (C=O) groups is 2. The maximum atomic E-state index is 11.0. The van der Waals surface area contributed by atoms with Gasteiger partial charge in [0.2, 0.25) is 0 Å². The molecule has 0 aromatic carbocycles. The average Bonchev–Trinajstić information content (AvgIpc) is 2.16. The average molecular weight is 224 g/mol. The molecule has 0 radical (unpaired) electrons. The highest BCUT2D eigenvalue weighted by molar-refractivity contribution is 6.18. The van der Waals surface area contributed by atoms with Gasteiger partial charge in [0.25, 0.3) is 0 Å². The van der Waals surface area contributed by atoms with Gasteiger partial charge in [-0.25, -0.2) is 9.59 Å². The molecule has 0 aromatic rings. The Morgan fingerprint density at radius 1 is 1.57 bits per heavy atom. The van der Waals surface area contributed by atoms with Gasteiger partial charge < -0.3 is 15.2 Å². The van der Waals surface area contributed by atoms with Crippen LogP contribution in [0.3, 0.4) is 0 Å². The van der Waals surface area contributed by atoms with Crippen LogP contribution in [-0.4, -0.2) is 35.7 Å². The Morgan fingerprint density at radius 2 is 2.14 bits per heavy atom. The number of alkyl carbamates (subject to hydrolysis) is 1. The third-order valence-corrected chi connectivity index (χ3v) is 2.25. The number of aliphatic carboxylic acids is 1. The number of methoxy groups -OCH3 is 1. The van der Waals surface area contributed by atoms with Gasteiger partial charge in [-0.3, -0.25) is 0 Å². The minimum absolute atomic E-state index is 0.157. The lowest BCUT2D eigenvalue weighted by Gasteiger charge is -2.27. The summed E-state index contributed by atoms with van der Waals surface area (Å²) in [6.07, 6.45) is -0.348. The Bertz CT molecular complexity index is 221. The molecule has 82 valence electrons. The number of carboxylic acids is 1. The van der Waals surface area contributed by atoms with Crippen LogP contribution < -0.4 is 5.32 Å². The SMILES string of the molecule is CCC(CCCl)(NC(=O)OC)C(=O)O. The second-order valence-electron chi connectivity index (χ2n) is 2.80. The van der Waals surface area contributed by atoms with Crippen molar-refractivity contribution in [1.82, 2.24) is 5.32 Å². The van der Waals surface area contributed by atoms with Crippen LogP contribution in [0, 0.1) is 0 Å². The lowest BCUT2D eigenvalue weighted by molar-refractivity contribution is -0.145. The number of rotatable bonds is 5. The fourth-order valence-electron chi connectivity index (χ4n) is 1.05. The molecule has 6 heteroatoms. The molecular weight excluding hydrogens is 210 g/mol. The van der Waals surface area contributed by atoms with Crippen LogP contribution >= 0.6 is 11.6 Å². The number of alkyl halides is 1. The Hall–Kier alpha value is -0.970. The van der Waals surface area contributed by atoms with Crippen LogP contribution in [0.2, 0.25) is 0 Å². The van der Waals surface area contributed by atoms with Crippen molar-refractivity contribution < 1.29 is 19.4 Å². The van der Waals surface area contributed by atoms with Gasteiger partial charge in [0.1, 0.15) is 5.54 Å². The smallest absolute Gasteiger partial charge is 0.407 e.